The summed E-state index contributed by atoms with van der Waals surface area (Å²) in [7, 11) is 1.53. The Bertz CT molecular complexity index is 2010. The highest BCUT2D eigenvalue weighted by molar-refractivity contribution is 7.14. The van der Waals surface area contributed by atoms with Crippen molar-refractivity contribution in [3.63, 3.8) is 0 Å². The number of carbonyl (C=O) groups excluding carboxylic acids is 4. The van der Waals surface area contributed by atoms with Gasteiger partial charge in [0.05, 0.1) is 42.6 Å². The zero-order valence-corrected chi connectivity index (χ0v) is 35.1. The Morgan fingerprint density at radius 3 is 2.46 bits per heavy atom. The van der Waals surface area contributed by atoms with Gasteiger partial charge in [-0.2, -0.15) is 0 Å². The van der Waals surface area contributed by atoms with Gasteiger partial charge in [-0.15, -0.1) is 11.3 Å². The topological polar surface area (TPSA) is 170 Å². The summed E-state index contributed by atoms with van der Waals surface area (Å²) in [4.78, 5) is 65.7. The number of nitrogens with one attached hydrogen (secondary N) is 3. The minimum absolute atomic E-state index is 0.0149. The number of halogens is 1. The number of thiazole rings is 1. The average molecular weight is 825 g/mol. The summed E-state index contributed by atoms with van der Waals surface area (Å²) >= 11 is 8.29. The molecule has 2 bridgehead atoms. The maximum absolute atomic E-state index is 14.7. The molecule has 0 radical (unpaired) electrons. The number of pyridine rings is 1. The number of hydrogen-bond acceptors (Lipinski definition) is 12. The molecule has 4 fully saturated rings. The van der Waals surface area contributed by atoms with E-state index in [4.69, 9.17) is 40.5 Å². The molecule has 308 valence electrons. The highest BCUT2D eigenvalue weighted by Gasteiger charge is 2.56. The fraction of sp³-hybridized carbons (Fsp3) is 0.610. The van der Waals surface area contributed by atoms with Crippen LogP contribution in [0.2, 0.25) is 5.02 Å². The molecule has 1 aliphatic carbocycles. The molecule has 5 heterocycles. The smallest absolute Gasteiger partial charge is 0.408 e. The van der Waals surface area contributed by atoms with Crippen LogP contribution < -0.4 is 25.4 Å². The van der Waals surface area contributed by atoms with Gasteiger partial charge in [-0.1, -0.05) is 45.7 Å². The van der Waals surface area contributed by atoms with Crippen molar-refractivity contribution >= 4 is 63.2 Å². The predicted molar refractivity (Wildman–Crippen MR) is 217 cm³/mol. The lowest BCUT2D eigenvalue weighted by atomic mass is 9.85. The molecule has 3 amide bonds. The van der Waals surface area contributed by atoms with Crippen LogP contribution in [-0.2, 0) is 23.9 Å². The fourth-order valence-corrected chi connectivity index (χ4v) is 9.51. The number of nitrogens with zero attached hydrogens (tertiary/aromatic N) is 3. The van der Waals surface area contributed by atoms with Crippen molar-refractivity contribution in [2.75, 3.05) is 19.0 Å². The van der Waals surface area contributed by atoms with E-state index in [0.29, 0.717) is 58.1 Å². The number of hydrogen-bond donors (Lipinski definition) is 3. The molecule has 16 heteroatoms. The van der Waals surface area contributed by atoms with E-state index in [1.807, 2.05) is 53.0 Å². The van der Waals surface area contributed by atoms with Crippen molar-refractivity contribution in [3.8, 4) is 22.9 Å². The summed E-state index contributed by atoms with van der Waals surface area (Å²) in [6, 6.07) is 3.47. The largest absolute Gasteiger partial charge is 0.495 e. The molecule has 14 nitrogen and oxygen atoms in total. The molecule has 3 saturated heterocycles. The van der Waals surface area contributed by atoms with Crippen LogP contribution in [0, 0.1) is 11.3 Å². The summed E-state index contributed by atoms with van der Waals surface area (Å²) in [5, 5.41) is 12.7. The molecule has 3 aliphatic heterocycles. The zero-order valence-electron chi connectivity index (χ0n) is 33.6. The number of aldehydes is 1. The van der Waals surface area contributed by atoms with Crippen molar-refractivity contribution in [2.24, 2.45) is 11.3 Å². The van der Waals surface area contributed by atoms with E-state index in [1.54, 1.807) is 12.1 Å². The Labute approximate surface area is 342 Å². The molecule has 1 saturated carbocycles. The first kappa shape index (κ1) is 41.0. The molecule has 7 rings (SSSR count). The second-order valence-corrected chi connectivity index (χ2v) is 18.4. The summed E-state index contributed by atoms with van der Waals surface area (Å²) in [5.74, 6) is -0.0253. The van der Waals surface area contributed by atoms with Gasteiger partial charge in [-0.05, 0) is 56.6 Å². The van der Waals surface area contributed by atoms with Crippen molar-refractivity contribution in [3.05, 3.63) is 28.6 Å². The van der Waals surface area contributed by atoms with Crippen molar-refractivity contribution in [1.82, 2.24) is 25.5 Å². The van der Waals surface area contributed by atoms with E-state index < -0.39 is 47.0 Å². The SMILES string of the molecule is CCC1CC1(C=O)NC(=O)[C@@H]1C[C@@H](Oc2cc(-c3csc(NC(C)C)n3)nc3c(Cl)c(OC)ccc23)CN1C(=O)C(NC(=O)OC1C[C@H]2CC[C@@H](C1)O2)C(C)(C)C. The first-order chi connectivity index (χ1) is 27.1. The molecular formula is C41H53ClN6O8S. The van der Waals surface area contributed by atoms with E-state index in [0.717, 1.165) is 30.7 Å². The second kappa shape index (κ2) is 16.2. The van der Waals surface area contributed by atoms with Crippen LogP contribution in [0.3, 0.4) is 0 Å². The van der Waals surface area contributed by atoms with Gasteiger partial charge in [0.15, 0.2) is 5.13 Å². The van der Waals surface area contributed by atoms with Gasteiger partial charge in [0.25, 0.3) is 0 Å². The number of ether oxygens (including phenoxy) is 4. The van der Waals surface area contributed by atoms with Gasteiger partial charge < -0.3 is 44.6 Å². The van der Waals surface area contributed by atoms with Crippen LogP contribution in [0.4, 0.5) is 9.93 Å². The number of likely N-dealkylation sites (tertiary alicyclic amines) is 1. The normalized spacial score (nSPS) is 27.2. The first-order valence-corrected chi connectivity index (χ1v) is 21.1. The Morgan fingerprint density at radius 2 is 1.82 bits per heavy atom. The quantitative estimate of drug-likeness (QED) is 0.160. The number of methoxy groups -OCH3 is 1. The summed E-state index contributed by atoms with van der Waals surface area (Å²) in [5.41, 5.74) is -0.169. The molecule has 0 spiro atoms. The van der Waals surface area contributed by atoms with Crippen molar-refractivity contribution in [2.45, 2.75) is 135 Å². The highest BCUT2D eigenvalue weighted by atomic mass is 35.5. The molecule has 2 aromatic heterocycles. The monoisotopic (exact) mass is 824 g/mol. The van der Waals surface area contributed by atoms with Gasteiger partial charge >= 0.3 is 6.09 Å². The lowest BCUT2D eigenvalue weighted by molar-refractivity contribution is -0.142. The van der Waals surface area contributed by atoms with Gasteiger partial charge in [-0.25, -0.2) is 14.8 Å². The summed E-state index contributed by atoms with van der Waals surface area (Å²) < 4.78 is 24.0. The third-order valence-corrected chi connectivity index (χ3v) is 12.6. The van der Waals surface area contributed by atoms with E-state index in [9.17, 15) is 19.2 Å². The minimum atomic E-state index is -1.04. The van der Waals surface area contributed by atoms with E-state index in [-0.39, 0.29) is 43.2 Å². The third-order valence-electron chi connectivity index (χ3n) is 11.5. The van der Waals surface area contributed by atoms with Gasteiger partial charge in [0.2, 0.25) is 11.8 Å². The molecular weight excluding hydrogens is 772 g/mol. The lowest BCUT2D eigenvalue weighted by Gasteiger charge is -2.36. The first-order valence-electron chi connectivity index (χ1n) is 19.9. The standard InChI is InChI=1S/C41H53ClN6O8S/c1-8-22-17-41(22,20-49)47-36(50)30-15-26(18-48(30)37(51)35(40(4,5)6)46-39(52)56-25-13-23-9-10-24(14-25)54-23)55-32-16-28(29-19-57-38(45-29)43-21(2)3)44-34-27(32)11-12-31(53-7)33(34)42/h11-12,16,19-26,30,35H,8-10,13-15,17-18H2,1-7H3,(H,43,45)(H,46,52)(H,47,50)/t22?,23-,24+,25?,26-,30+,35?,41?/m1/s1. The van der Waals surface area contributed by atoms with Gasteiger partial charge in [-0.3, -0.25) is 9.59 Å². The second-order valence-electron chi connectivity index (χ2n) is 17.2. The fourth-order valence-electron chi connectivity index (χ4n) is 8.37. The Hall–Kier alpha value is -4.21. The van der Waals surface area contributed by atoms with Crippen molar-refractivity contribution < 1.29 is 38.1 Å². The lowest BCUT2D eigenvalue weighted by Crippen LogP contribution is -2.59. The zero-order chi connectivity index (χ0) is 40.8. The number of benzene rings is 1. The van der Waals surface area contributed by atoms with Crippen LogP contribution in [0.15, 0.2) is 23.6 Å². The molecule has 57 heavy (non-hydrogen) atoms. The van der Waals surface area contributed by atoms with Crippen LogP contribution in [0.5, 0.6) is 11.5 Å². The Kier molecular flexibility index (Phi) is 11.6. The number of amides is 3. The Morgan fingerprint density at radius 1 is 1.09 bits per heavy atom. The highest BCUT2D eigenvalue weighted by Crippen LogP contribution is 2.45. The molecule has 3 aromatic rings. The molecule has 8 atom stereocenters. The molecule has 4 aliphatic rings. The Balaban J connectivity index is 1.18. The van der Waals surface area contributed by atoms with Crippen molar-refractivity contribution in [1.29, 1.82) is 0 Å². The minimum Gasteiger partial charge on any atom is -0.495 e. The number of rotatable bonds is 13. The van der Waals surface area contributed by atoms with Gasteiger partial charge in [0.1, 0.15) is 52.8 Å². The molecule has 3 N–H and O–H groups in total. The van der Waals surface area contributed by atoms with Gasteiger partial charge in [0, 0.05) is 42.1 Å². The molecule has 1 aromatic carbocycles. The third kappa shape index (κ3) is 8.66. The predicted octanol–water partition coefficient (Wildman–Crippen LogP) is 6.52. The average Bonchev–Trinajstić information content (AvgIpc) is 3.45. The molecule has 4 unspecified atom stereocenters. The van der Waals surface area contributed by atoms with Crippen LogP contribution in [0.25, 0.3) is 22.3 Å². The summed E-state index contributed by atoms with van der Waals surface area (Å²) in [6.07, 6.45) is 3.78. The van der Waals surface area contributed by atoms with E-state index >= 15 is 0 Å². The number of alkyl carbamates (subject to hydrolysis) is 1. The van der Waals surface area contributed by atoms with E-state index in [1.165, 1.54) is 23.3 Å². The van der Waals surface area contributed by atoms with Crippen LogP contribution >= 0.6 is 22.9 Å². The maximum atomic E-state index is 14.7. The summed E-state index contributed by atoms with van der Waals surface area (Å²) in [6.45, 7) is 11.6. The van der Waals surface area contributed by atoms with Crippen LogP contribution in [-0.4, -0.2) is 101 Å². The maximum Gasteiger partial charge on any atom is 0.408 e. The van der Waals surface area contributed by atoms with E-state index in [2.05, 4.69) is 16.0 Å². The number of anilines is 1. The number of fused-ring (bicyclic) bond motifs is 3. The van der Waals surface area contributed by atoms with Crippen LogP contribution in [0.1, 0.15) is 86.5 Å². The number of aromatic nitrogens is 2. The number of carbonyl (C=O) groups is 4.